The molecular formula is C19H19F2NO4. The number of ether oxygens (including phenoxy) is 3. The van der Waals surface area contributed by atoms with Crippen LogP contribution in [0.25, 0.3) is 6.08 Å². The summed E-state index contributed by atoms with van der Waals surface area (Å²) in [6, 6.07) is 11.5. The van der Waals surface area contributed by atoms with E-state index in [1.54, 1.807) is 43.5 Å². The Morgan fingerprint density at radius 3 is 2.50 bits per heavy atom. The third-order valence-corrected chi connectivity index (χ3v) is 3.46. The molecule has 0 saturated carbocycles. The van der Waals surface area contributed by atoms with E-state index in [0.29, 0.717) is 17.1 Å². The van der Waals surface area contributed by atoms with Crippen molar-refractivity contribution in [2.24, 2.45) is 0 Å². The zero-order chi connectivity index (χ0) is 18.9. The van der Waals surface area contributed by atoms with Crippen LogP contribution in [-0.4, -0.2) is 26.7 Å². The van der Waals surface area contributed by atoms with Crippen LogP contribution in [0.2, 0.25) is 0 Å². The number of carbonyl (C=O) groups is 1. The number of hydrogen-bond donors (Lipinski definition) is 1. The Bertz CT molecular complexity index is 778. The lowest BCUT2D eigenvalue weighted by molar-refractivity contribution is -0.116. The zero-order valence-electron chi connectivity index (χ0n) is 14.4. The van der Waals surface area contributed by atoms with Crippen LogP contribution in [0.3, 0.4) is 0 Å². The van der Waals surface area contributed by atoms with Crippen LogP contribution in [0.5, 0.6) is 17.2 Å². The van der Waals surface area contributed by atoms with Crippen LogP contribution in [0, 0.1) is 0 Å². The van der Waals surface area contributed by atoms with Crippen LogP contribution >= 0.6 is 0 Å². The molecule has 2 aromatic rings. The maximum Gasteiger partial charge on any atom is 0.387 e. The van der Waals surface area contributed by atoms with Crippen molar-refractivity contribution in [3.05, 3.63) is 59.7 Å². The molecule has 0 aliphatic heterocycles. The minimum atomic E-state index is -2.93. The quantitative estimate of drug-likeness (QED) is 0.728. The Morgan fingerprint density at radius 1 is 1.08 bits per heavy atom. The topological polar surface area (TPSA) is 56.8 Å². The summed E-state index contributed by atoms with van der Waals surface area (Å²) in [5, 5.41) is 2.71. The second-order valence-corrected chi connectivity index (χ2v) is 5.16. The number of hydrogen-bond acceptors (Lipinski definition) is 4. The highest BCUT2D eigenvalue weighted by Crippen LogP contribution is 2.27. The third kappa shape index (κ3) is 5.47. The van der Waals surface area contributed by atoms with Gasteiger partial charge in [0.2, 0.25) is 5.91 Å². The van der Waals surface area contributed by atoms with Crippen molar-refractivity contribution >= 4 is 12.0 Å². The van der Waals surface area contributed by atoms with Crippen LogP contribution in [-0.2, 0) is 11.3 Å². The Labute approximate surface area is 150 Å². The predicted octanol–water partition coefficient (Wildman–Crippen LogP) is 3.63. The second-order valence-electron chi connectivity index (χ2n) is 5.16. The molecule has 0 unspecified atom stereocenters. The number of halogens is 2. The molecule has 138 valence electrons. The molecule has 0 aliphatic carbocycles. The van der Waals surface area contributed by atoms with Gasteiger partial charge in [0.1, 0.15) is 5.75 Å². The minimum Gasteiger partial charge on any atom is -0.493 e. The van der Waals surface area contributed by atoms with E-state index in [4.69, 9.17) is 9.47 Å². The molecule has 7 heteroatoms. The van der Waals surface area contributed by atoms with Gasteiger partial charge in [-0.15, -0.1) is 0 Å². The first-order valence-corrected chi connectivity index (χ1v) is 7.74. The largest absolute Gasteiger partial charge is 0.493 e. The van der Waals surface area contributed by atoms with Gasteiger partial charge < -0.3 is 19.5 Å². The molecular weight excluding hydrogens is 344 g/mol. The summed E-state index contributed by atoms with van der Waals surface area (Å²) in [5.74, 6) is 0.795. The second kappa shape index (κ2) is 9.41. The van der Waals surface area contributed by atoms with Crippen molar-refractivity contribution < 1.29 is 27.8 Å². The average Bonchev–Trinajstić information content (AvgIpc) is 2.64. The number of carbonyl (C=O) groups excluding carboxylic acids is 1. The van der Waals surface area contributed by atoms with Crippen molar-refractivity contribution in [2.45, 2.75) is 13.2 Å². The minimum absolute atomic E-state index is 0.00596. The summed E-state index contributed by atoms with van der Waals surface area (Å²) in [5.41, 5.74) is 1.21. The van der Waals surface area contributed by atoms with Crippen LogP contribution in [0.4, 0.5) is 8.78 Å². The normalized spacial score (nSPS) is 10.8. The maximum atomic E-state index is 12.4. The number of alkyl halides is 2. The molecule has 0 radical (unpaired) electrons. The molecule has 0 spiro atoms. The monoisotopic (exact) mass is 363 g/mol. The molecule has 0 atom stereocenters. The molecule has 26 heavy (non-hydrogen) atoms. The van der Waals surface area contributed by atoms with Gasteiger partial charge in [0.15, 0.2) is 11.5 Å². The molecule has 0 aliphatic rings. The number of benzene rings is 2. The van der Waals surface area contributed by atoms with E-state index in [1.165, 1.54) is 25.3 Å². The zero-order valence-corrected chi connectivity index (χ0v) is 14.4. The lowest BCUT2D eigenvalue weighted by atomic mass is 10.2. The lowest BCUT2D eigenvalue weighted by Crippen LogP contribution is -2.20. The fraction of sp³-hybridized carbons (Fsp3) is 0.211. The Kier molecular flexibility index (Phi) is 6.96. The van der Waals surface area contributed by atoms with Crippen molar-refractivity contribution in [1.29, 1.82) is 0 Å². The smallest absolute Gasteiger partial charge is 0.387 e. The molecule has 0 fully saturated rings. The molecule has 2 aromatic carbocycles. The van der Waals surface area contributed by atoms with E-state index in [9.17, 15) is 13.6 Å². The first-order chi connectivity index (χ1) is 12.5. The van der Waals surface area contributed by atoms with Gasteiger partial charge in [0.25, 0.3) is 0 Å². The molecule has 0 heterocycles. The molecule has 1 amide bonds. The Balaban J connectivity index is 1.98. The summed E-state index contributed by atoms with van der Waals surface area (Å²) in [6.07, 6.45) is 2.68. The van der Waals surface area contributed by atoms with E-state index in [1.807, 2.05) is 0 Å². The van der Waals surface area contributed by atoms with E-state index in [2.05, 4.69) is 10.1 Å². The van der Waals surface area contributed by atoms with Crippen molar-refractivity contribution in [3.63, 3.8) is 0 Å². The summed E-state index contributed by atoms with van der Waals surface area (Å²) >= 11 is 0. The molecule has 0 saturated heterocycles. The third-order valence-electron chi connectivity index (χ3n) is 3.46. The first-order valence-electron chi connectivity index (χ1n) is 7.74. The highest BCUT2D eigenvalue weighted by atomic mass is 19.3. The van der Waals surface area contributed by atoms with E-state index in [-0.39, 0.29) is 18.2 Å². The lowest BCUT2D eigenvalue weighted by Gasteiger charge is -2.10. The molecule has 1 N–H and O–H groups in total. The maximum absolute atomic E-state index is 12.4. The number of rotatable bonds is 8. The summed E-state index contributed by atoms with van der Waals surface area (Å²) in [4.78, 5) is 12.0. The van der Waals surface area contributed by atoms with Crippen LogP contribution < -0.4 is 19.5 Å². The van der Waals surface area contributed by atoms with Gasteiger partial charge in [-0.3, -0.25) is 4.79 Å². The Morgan fingerprint density at radius 2 is 1.81 bits per heavy atom. The number of methoxy groups -OCH3 is 2. The van der Waals surface area contributed by atoms with E-state index < -0.39 is 6.61 Å². The summed E-state index contributed by atoms with van der Waals surface area (Å²) < 4.78 is 39.5. The highest BCUT2D eigenvalue weighted by molar-refractivity contribution is 5.92. The van der Waals surface area contributed by atoms with Gasteiger partial charge in [0.05, 0.1) is 14.2 Å². The predicted molar refractivity (Wildman–Crippen MR) is 93.5 cm³/mol. The average molecular weight is 363 g/mol. The van der Waals surface area contributed by atoms with E-state index in [0.717, 1.165) is 5.56 Å². The Hall–Kier alpha value is -3.09. The number of nitrogens with one attached hydrogen (secondary N) is 1. The van der Waals surface area contributed by atoms with Gasteiger partial charge in [-0.1, -0.05) is 24.3 Å². The summed E-state index contributed by atoms with van der Waals surface area (Å²) in [6.45, 7) is -2.65. The van der Waals surface area contributed by atoms with E-state index >= 15 is 0 Å². The van der Waals surface area contributed by atoms with Gasteiger partial charge in [-0.2, -0.15) is 8.78 Å². The van der Waals surface area contributed by atoms with Crippen molar-refractivity contribution in [1.82, 2.24) is 5.32 Å². The number of amides is 1. The molecule has 0 bridgehead atoms. The van der Waals surface area contributed by atoms with Crippen LogP contribution in [0.1, 0.15) is 11.1 Å². The standard InChI is InChI=1S/C19H19F2NO4/c1-24-16-9-7-13(11-17(16)25-2)12-22-18(23)10-8-14-5-3-4-6-15(14)26-19(20)21/h3-11,19H,12H2,1-2H3,(H,22,23)/b10-8+. The molecule has 2 rings (SSSR count). The van der Waals surface area contributed by atoms with Gasteiger partial charge in [0, 0.05) is 18.2 Å². The van der Waals surface area contributed by atoms with Gasteiger partial charge >= 0.3 is 6.61 Å². The number of para-hydroxylation sites is 1. The van der Waals surface area contributed by atoms with Gasteiger partial charge in [-0.25, -0.2) is 0 Å². The van der Waals surface area contributed by atoms with Crippen molar-refractivity contribution in [3.8, 4) is 17.2 Å². The van der Waals surface area contributed by atoms with Crippen LogP contribution in [0.15, 0.2) is 48.5 Å². The van der Waals surface area contributed by atoms with Gasteiger partial charge in [-0.05, 0) is 29.8 Å². The SMILES string of the molecule is COc1ccc(CNC(=O)/C=C/c2ccccc2OC(F)F)cc1OC. The highest BCUT2D eigenvalue weighted by Gasteiger charge is 2.08. The molecule has 5 nitrogen and oxygen atoms in total. The molecule has 0 aromatic heterocycles. The first kappa shape index (κ1) is 19.2. The summed E-state index contributed by atoms with van der Waals surface area (Å²) in [7, 11) is 3.07. The van der Waals surface area contributed by atoms with Crippen molar-refractivity contribution in [2.75, 3.05) is 14.2 Å². The fourth-order valence-corrected chi connectivity index (χ4v) is 2.23. The fourth-order valence-electron chi connectivity index (χ4n) is 2.23.